The van der Waals surface area contributed by atoms with Crippen molar-refractivity contribution in [1.29, 1.82) is 0 Å². The molecule has 0 saturated carbocycles. The van der Waals surface area contributed by atoms with Gasteiger partial charge >= 0.3 is 6.09 Å². The molecule has 0 aromatic carbocycles. The molecule has 1 aliphatic heterocycles. The zero-order valence-corrected chi connectivity index (χ0v) is 8.05. The number of carboxylic acid groups (broad SMARTS) is 1. The van der Waals surface area contributed by atoms with E-state index in [9.17, 15) is 4.79 Å². The van der Waals surface area contributed by atoms with E-state index in [1.165, 1.54) is 24.2 Å². The van der Waals surface area contributed by atoms with E-state index in [1.807, 2.05) is 0 Å². The third-order valence-corrected chi connectivity index (χ3v) is 1.83. The fraction of sp³-hybridized carbons (Fsp3) is 0.889. The SMILES string of the molecule is CCCCC.O=C(O)N1CCC1. The van der Waals surface area contributed by atoms with Gasteiger partial charge in [0, 0.05) is 13.1 Å². The van der Waals surface area contributed by atoms with Crippen LogP contribution in [-0.4, -0.2) is 29.2 Å². The number of nitrogens with zero attached hydrogens (tertiary/aromatic N) is 1. The number of hydrogen-bond donors (Lipinski definition) is 1. The van der Waals surface area contributed by atoms with Crippen LogP contribution >= 0.6 is 0 Å². The van der Waals surface area contributed by atoms with Crippen LogP contribution in [0.2, 0.25) is 0 Å². The normalized spacial score (nSPS) is 14.3. The molecule has 0 radical (unpaired) electrons. The van der Waals surface area contributed by atoms with Crippen molar-refractivity contribution in [2.45, 2.75) is 39.5 Å². The highest BCUT2D eigenvalue weighted by atomic mass is 16.4. The Kier molecular flexibility index (Phi) is 6.53. The molecule has 12 heavy (non-hydrogen) atoms. The summed E-state index contributed by atoms with van der Waals surface area (Å²) in [7, 11) is 0. The van der Waals surface area contributed by atoms with Gasteiger partial charge in [-0.2, -0.15) is 0 Å². The van der Waals surface area contributed by atoms with Crippen LogP contribution in [0.3, 0.4) is 0 Å². The summed E-state index contributed by atoms with van der Waals surface area (Å²) in [6.45, 7) is 5.89. The van der Waals surface area contributed by atoms with Gasteiger partial charge in [0.25, 0.3) is 0 Å². The first-order valence-corrected chi connectivity index (χ1v) is 4.70. The highest BCUT2D eigenvalue weighted by Crippen LogP contribution is 2.03. The lowest BCUT2D eigenvalue weighted by Gasteiger charge is -2.27. The number of rotatable bonds is 2. The standard InChI is InChI=1S/C5H12.C4H7NO2/c1-3-5-4-2;6-4(7)5-2-1-3-5/h3-5H2,1-2H3;1-3H2,(H,6,7). The number of likely N-dealkylation sites (tertiary alicyclic amines) is 1. The highest BCUT2D eigenvalue weighted by Gasteiger charge is 2.17. The quantitative estimate of drug-likeness (QED) is 0.697. The first-order chi connectivity index (χ1) is 5.72. The van der Waals surface area contributed by atoms with Gasteiger partial charge in [-0.1, -0.05) is 33.1 Å². The summed E-state index contributed by atoms with van der Waals surface area (Å²) < 4.78 is 0. The van der Waals surface area contributed by atoms with E-state index in [4.69, 9.17) is 5.11 Å². The molecular formula is C9H19NO2. The first kappa shape index (κ1) is 11.3. The van der Waals surface area contributed by atoms with Gasteiger partial charge in [-0.25, -0.2) is 4.79 Å². The summed E-state index contributed by atoms with van der Waals surface area (Å²) >= 11 is 0. The predicted octanol–water partition coefficient (Wildman–Crippen LogP) is 2.57. The maximum atomic E-state index is 9.91. The van der Waals surface area contributed by atoms with Crippen molar-refractivity contribution in [2.24, 2.45) is 0 Å². The van der Waals surface area contributed by atoms with Crippen LogP contribution in [0.1, 0.15) is 39.5 Å². The van der Waals surface area contributed by atoms with Gasteiger partial charge in [-0.3, -0.25) is 0 Å². The van der Waals surface area contributed by atoms with Crippen LogP contribution in [0.5, 0.6) is 0 Å². The van der Waals surface area contributed by atoms with Gasteiger partial charge in [-0.15, -0.1) is 0 Å². The molecule has 1 fully saturated rings. The van der Waals surface area contributed by atoms with Crippen molar-refractivity contribution >= 4 is 6.09 Å². The lowest BCUT2D eigenvalue weighted by molar-refractivity contribution is 0.118. The van der Waals surface area contributed by atoms with Crippen LogP contribution in [0.4, 0.5) is 4.79 Å². The molecule has 1 N–H and O–H groups in total. The zero-order valence-electron chi connectivity index (χ0n) is 8.05. The number of hydrogen-bond acceptors (Lipinski definition) is 1. The molecule has 1 aliphatic rings. The average Bonchev–Trinajstić information content (AvgIpc) is 1.85. The topological polar surface area (TPSA) is 40.5 Å². The van der Waals surface area contributed by atoms with E-state index >= 15 is 0 Å². The van der Waals surface area contributed by atoms with Crippen molar-refractivity contribution in [3.8, 4) is 0 Å². The van der Waals surface area contributed by atoms with Crippen LogP contribution in [0.25, 0.3) is 0 Å². The molecule has 0 atom stereocenters. The minimum atomic E-state index is -0.786. The van der Waals surface area contributed by atoms with Crippen molar-refractivity contribution in [3.05, 3.63) is 0 Å². The molecule has 1 amide bonds. The molecule has 72 valence electrons. The van der Waals surface area contributed by atoms with Gasteiger partial charge in [0.1, 0.15) is 0 Å². The van der Waals surface area contributed by atoms with Crippen LogP contribution in [0.15, 0.2) is 0 Å². The maximum absolute atomic E-state index is 9.91. The summed E-state index contributed by atoms with van der Waals surface area (Å²) in [6.07, 6.45) is 4.32. The minimum absolute atomic E-state index is 0.731. The van der Waals surface area contributed by atoms with Gasteiger partial charge < -0.3 is 10.0 Å². The van der Waals surface area contributed by atoms with E-state index in [0.29, 0.717) is 0 Å². The van der Waals surface area contributed by atoms with E-state index in [-0.39, 0.29) is 0 Å². The maximum Gasteiger partial charge on any atom is 0.407 e. The highest BCUT2D eigenvalue weighted by molar-refractivity contribution is 5.65. The summed E-state index contributed by atoms with van der Waals surface area (Å²) in [5.41, 5.74) is 0. The largest absolute Gasteiger partial charge is 0.465 e. The average molecular weight is 173 g/mol. The molecule has 1 heterocycles. The second-order valence-electron chi connectivity index (χ2n) is 2.98. The van der Waals surface area contributed by atoms with E-state index in [1.54, 1.807) is 0 Å². The van der Waals surface area contributed by atoms with Crippen LogP contribution in [-0.2, 0) is 0 Å². The third-order valence-electron chi connectivity index (χ3n) is 1.83. The summed E-state index contributed by atoms with van der Waals surface area (Å²) in [4.78, 5) is 11.3. The molecule has 0 aromatic heterocycles. The summed E-state index contributed by atoms with van der Waals surface area (Å²) in [6, 6.07) is 0. The van der Waals surface area contributed by atoms with Crippen molar-refractivity contribution in [3.63, 3.8) is 0 Å². The molecule has 3 nitrogen and oxygen atoms in total. The lowest BCUT2D eigenvalue weighted by atomic mass is 10.2. The minimum Gasteiger partial charge on any atom is -0.465 e. The number of amides is 1. The number of carbonyl (C=O) groups is 1. The Hall–Kier alpha value is -0.730. The Bertz CT molecular complexity index is 120. The van der Waals surface area contributed by atoms with E-state index in [2.05, 4.69) is 13.8 Å². The monoisotopic (exact) mass is 173 g/mol. The Labute approximate surface area is 74.4 Å². The lowest BCUT2D eigenvalue weighted by Crippen LogP contribution is -2.40. The molecule has 1 saturated heterocycles. The Morgan fingerprint density at radius 3 is 1.83 bits per heavy atom. The summed E-state index contributed by atoms with van der Waals surface area (Å²) in [5, 5.41) is 8.16. The first-order valence-electron chi connectivity index (χ1n) is 4.70. The molecule has 1 rings (SSSR count). The van der Waals surface area contributed by atoms with Gasteiger partial charge in [-0.05, 0) is 6.42 Å². The third kappa shape index (κ3) is 4.99. The molecule has 3 heteroatoms. The Balaban J connectivity index is 0.000000217. The van der Waals surface area contributed by atoms with Crippen LogP contribution in [0, 0.1) is 0 Å². The predicted molar refractivity (Wildman–Crippen MR) is 49.4 cm³/mol. The Morgan fingerprint density at radius 1 is 1.33 bits per heavy atom. The fourth-order valence-electron chi connectivity index (χ4n) is 0.861. The fourth-order valence-corrected chi connectivity index (χ4v) is 0.861. The molecule has 0 bridgehead atoms. The second kappa shape index (κ2) is 6.95. The Morgan fingerprint density at radius 2 is 1.83 bits per heavy atom. The van der Waals surface area contributed by atoms with Gasteiger partial charge in [0.05, 0.1) is 0 Å². The van der Waals surface area contributed by atoms with Crippen LogP contribution < -0.4 is 0 Å². The van der Waals surface area contributed by atoms with E-state index < -0.39 is 6.09 Å². The second-order valence-corrected chi connectivity index (χ2v) is 2.98. The molecule has 0 spiro atoms. The number of unbranched alkanes of at least 4 members (excludes halogenated alkanes) is 2. The smallest absolute Gasteiger partial charge is 0.407 e. The molecule has 0 aromatic rings. The van der Waals surface area contributed by atoms with Gasteiger partial charge in [0.2, 0.25) is 0 Å². The molecule has 0 unspecified atom stereocenters. The zero-order chi connectivity index (χ0) is 9.40. The summed E-state index contributed by atoms with van der Waals surface area (Å²) in [5.74, 6) is 0. The van der Waals surface area contributed by atoms with E-state index in [0.717, 1.165) is 19.5 Å². The molecular weight excluding hydrogens is 154 g/mol. The molecule has 0 aliphatic carbocycles. The van der Waals surface area contributed by atoms with Gasteiger partial charge in [0.15, 0.2) is 0 Å². The van der Waals surface area contributed by atoms with Crippen molar-refractivity contribution in [1.82, 2.24) is 4.90 Å². The van der Waals surface area contributed by atoms with Crippen molar-refractivity contribution in [2.75, 3.05) is 13.1 Å². The van der Waals surface area contributed by atoms with Crippen molar-refractivity contribution < 1.29 is 9.90 Å².